The van der Waals surface area contributed by atoms with Gasteiger partial charge in [0.25, 0.3) is 0 Å². The molecule has 2 heterocycles. The normalized spacial score (nSPS) is 17.0. The van der Waals surface area contributed by atoms with Crippen molar-refractivity contribution in [2.24, 2.45) is 28.3 Å². The van der Waals surface area contributed by atoms with Crippen LogP contribution in [0, 0.1) is 11.8 Å². The lowest BCUT2D eigenvalue weighted by Crippen LogP contribution is -2.62. The molecule has 14 N–H and O–H groups in total. The molecule has 3 rings (SSSR count). The van der Waals surface area contributed by atoms with Gasteiger partial charge in [-0.1, -0.05) is 46.2 Å². The summed E-state index contributed by atoms with van der Waals surface area (Å²) >= 11 is 0. The van der Waals surface area contributed by atoms with Crippen LogP contribution in [0.3, 0.4) is 0 Å². The number of carbonyl (C=O) groups excluding carboxylic acids is 7. The monoisotopic (exact) mass is 940 g/mol. The van der Waals surface area contributed by atoms with Gasteiger partial charge >= 0.3 is 5.97 Å². The zero-order chi connectivity index (χ0) is 50.0. The van der Waals surface area contributed by atoms with E-state index in [0.717, 1.165) is 0 Å². The molecule has 1 aromatic heterocycles. The molecule has 7 amide bonds. The highest BCUT2D eigenvalue weighted by atomic mass is 16.4. The van der Waals surface area contributed by atoms with Gasteiger partial charge in [-0.3, -0.25) is 43.3 Å². The summed E-state index contributed by atoms with van der Waals surface area (Å²) in [6, 6.07) is -3.07. The summed E-state index contributed by atoms with van der Waals surface area (Å²) in [5, 5.41) is 38.3. The molecule has 23 nitrogen and oxygen atoms in total. The van der Waals surface area contributed by atoms with Crippen LogP contribution < -0.4 is 48.7 Å². The van der Waals surface area contributed by atoms with Crippen molar-refractivity contribution in [1.82, 2.24) is 52.1 Å². The summed E-state index contributed by atoms with van der Waals surface area (Å²) in [6.45, 7) is 10.2. The Kier molecular flexibility index (Phi) is 21.5. The van der Waals surface area contributed by atoms with Crippen LogP contribution in [0.4, 0.5) is 0 Å². The minimum Gasteiger partial charge on any atom is -0.508 e. The van der Waals surface area contributed by atoms with E-state index in [1.807, 2.05) is 0 Å². The summed E-state index contributed by atoms with van der Waals surface area (Å²) in [6.07, 6.45) is 4.23. The summed E-state index contributed by atoms with van der Waals surface area (Å²) in [5.41, 5.74) is 11.9. The van der Waals surface area contributed by atoms with Gasteiger partial charge in [0.2, 0.25) is 41.4 Å². The van der Waals surface area contributed by atoms with Crippen molar-refractivity contribution in [2.45, 2.75) is 135 Å². The van der Waals surface area contributed by atoms with Gasteiger partial charge in [-0.15, -0.1) is 0 Å². The second-order valence-electron chi connectivity index (χ2n) is 17.2. The van der Waals surface area contributed by atoms with Crippen LogP contribution in [-0.4, -0.2) is 147 Å². The molecule has 23 heteroatoms. The number of aliphatic imine (C=N–C) groups is 1. The Balaban J connectivity index is 1.92. The Morgan fingerprint density at radius 3 is 2.00 bits per heavy atom. The fourth-order valence-corrected chi connectivity index (χ4v) is 7.24. The number of amides is 7. The van der Waals surface area contributed by atoms with E-state index in [0.29, 0.717) is 30.5 Å². The number of carboxylic acids is 1. The highest BCUT2D eigenvalue weighted by Gasteiger charge is 2.40. The Hall–Kier alpha value is -6.78. The smallest absolute Gasteiger partial charge is 0.325 e. The molecule has 67 heavy (non-hydrogen) atoms. The fraction of sp³-hybridized carbons (Fsp3) is 0.591. The molecule has 0 spiro atoms. The van der Waals surface area contributed by atoms with Gasteiger partial charge in [-0.05, 0) is 76.1 Å². The number of phenols is 1. The maximum Gasteiger partial charge on any atom is 0.325 e. The average molecular weight is 940 g/mol. The Bertz CT molecular complexity index is 2030. The molecule has 1 saturated heterocycles. The number of carbonyl (C=O) groups is 8. The predicted octanol–water partition coefficient (Wildman–Crippen LogP) is -1.73. The number of rotatable bonds is 26. The van der Waals surface area contributed by atoms with E-state index in [4.69, 9.17) is 11.5 Å². The number of hydrogen-bond donors (Lipinski definition) is 12. The number of hydrogen-bond acceptors (Lipinski definition) is 12. The lowest BCUT2D eigenvalue weighted by atomic mass is 9.96. The lowest BCUT2D eigenvalue weighted by molar-refractivity contribution is -0.144. The number of carboxylic acid groups (broad SMARTS) is 1. The summed E-state index contributed by atoms with van der Waals surface area (Å²) in [5.74, 6) is -7.11. The summed E-state index contributed by atoms with van der Waals surface area (Å²) in [4.78, 5) is 121. The van der Waals surface area contributed by atoms with Gasteiger partial charge in [0, 0.05) is 37.8 Å². The van der Waals surface area contributed by atoms with Crippen molar-refractivity contribution in [3.63, 3.8) is 0 Å². The molecule has 0 radical (unpaired) electrons. The number of benzene rings is 1. The molecule has 1 aliphatic rings. The van der Waals surface area contributed by atoms with E-state index in [1.165, 1.54) is 36.5 Å². The van der Waals surface area contributed by atoms with Crippen LogP contribution in [0.25, 0.3) is 0 Å². The second kappa shape index (κ2) is 26.4. The van der Waals surface area contributed by atoms with Crippen molar-refractivity contribution in [3.8, 4) is 5.75 Å². The zero-order valence-corrected chi connectivity index (χ0v) is 39.3. The van der Waals surface area contributed by atoms with Crippen molar-refractivity contribution in [1.29, 1.82) is 0 Å². The minimum atomic E-state index is -1.35. The SMILES string of the molecule is CC[C@H](C)[C@H](NC(=O)[C@H](Cc1ccc(O)cc1)NC(=O)[C@@H](NC(=O)[C@H](CCCN=C(N)N)NC(=O)[C@H](C)NC)C(C)C)C(=O)N[C@@H](Cc1cnc[nH]1)C(=O)N1CCC[C@H]1C(=O)N[C@H](C)C(=O)O. The summed E-state index contributed by atoms with van der Waals surface area (Å²) < 4.78 is 0. The van der Waals surface area contributed by atoms with E-state index >= 15 is 0 Å². The molecule has 0 aliphatic carbocycles. The molecular weight excluding hydrogens is 871 g/mol. The number of aromatic amines is 1. The van der Waals surface area contributed by atoms with Crippen molar-refractivity contribution < 1.29 is 48.6 Å². The van der Waals surface area contributed by atoms with Gasteiger partial charge in [0.05, 0.1) is 12.4 Å². The maximum absolute atomic E-state index is 14.5. The largest absolute Gasteiger partial charge is 0.508 e. The van der Waals surface area contributed by atoms with Gasteiger partial charge in [-0.25, -0.2) is 4.98 Å². The molecular formula is C44H69N13O10. The van der Waals surface area contributed by atoms with Crippen LogP contribution in [0.1, 0.15) is 84.9 Å². The van der Waals surface area contributed by atoms with Gasteiger partial charge in [0.1, 0.15) is 48.0 Å². The standard InChI is InChI=1S/C44H69N13O10/c1-8-24(4)35(41(64)54-32(20-28-21-48-22-50-28)42(65)57-18-10-12-33(57)39(62)51-26(6)43(66)67)56-38(61)31(19-27-13-15-29(58)16-14-27)53-40(63)34(23(2)3)55-37(60)30(11-9-17-49-44(45)46)52-36(59)25(5)47-7/h13-16,21-26,30-35,47,58H,8-12,17-20H2,1-7H3,(H,48,50)(H,51,62)(H,52,59)(H,53,63)(H,54,64)(H,55,60)(H,56,61)(H,66,67)(H4,45,46,49)/t24-,25-,26+,30-,31-,32-,33-,34-,35-/m0/s1. The van der Waals surface area contributed by atoms with E-state index in [1.54, 1.807) is 53.8 Å². The summed E-state index contributed by atoms with van der Waals surface area (Å²) in [7, 11) is 1.59. The van der Waals surface area contributed by atoms with Crippen LogP contribution in [0.2, 0.25) is 0 Å². The first-order valence-electron chi connectivity index (χ1n) is 22.5. The second-order valence-corrected chi connectivity index (χ2v) is 17.2. The number of imidazole rings is 1. The lowest BCUT2D eigenvalue weighted by Gasteiger charge is -2.32. The van der Waals surface area contributed by atoms with Crippen LogP contribution in [-0.2, 0) is 51.2 Å². The quantitative estimate of drug-likeness (QED) is 0.0284. The Labute approximate surface area is 390 Å². The van der Waals surface area contributed by atoms with Crippen LogP contribution in [0.15, 0.2) is 41.8 Å². The number of phenolic OH excluding ortho intramolecular Hbond substituents is 1. The molecule has 1 aromatic carbocycles. The number of likely N-dealkylation sites (tertiary alicyclic amines) is 1. The first-order chi connectivity index (χ1) is 31.7. The average Bonchev–Trinajstić information content (AvgIpc) is 4.00. The van der Waals surface area contributed by atoms with Gasteiger partial charge in [-0.2, -0.15) is 0 Å². The number of aromatic hydroxyl groups is 1. The maximum atomic E-state index is 14.5. The number of nitrogens with zero attached hydrogens (tertiary/aromatic N) is 3. The molecule has 0 saturated carbocycles. The van der Waals surface area contributed by atoms with Gasteiger partial charge < -0.3 is 68.8 Å². The minimum absolute atomic E-state index is 0.0381. The third-order valence-corrected chi connectivity index (χ3v) is 11.6. The molecule has 9 atom stereocenters. The highest BCUT2D eigenvalue weighted by molar-refractivity contribution is 5.98. The first kappa shape index (κ1) is 54.6. The van der Waals surface area contributed by atoms with Crippen molar-refractivity contribution in [3.05, 3.63) is 48.0 Å². The third kappa shape index (κ3) is 16.9. The predicted molar refractivity (Wildman–Crippen MR) is 246 cm³/mol. The molecule has 0 bridgehead atoms. The number of likely N-dealkylation sites (N-methyl/N-ethyl adjacent to an activating group) is 1. The molecule has 2 aromatic rings. The van der Waals surface area contributed by atoms with Crippen molar-refractivity contribution in [2.75, 3.05) is 20.1 Å². The van der Waals surface area contributed by atoms with E-state index in [9.17, 15) is 48.6 Å². The van der Waals surface area contributed by atoms with Crippen LogP contribution >= 0.6 is 0 Å². The first-order valence-corrected chi connectivity index (χ1v) is 22.5. The van der Waals surface area contributed by atoms with Gasteiger partial charge in [0.15, 0.2) is 5.96 Å². The number of H-pyrrole nitrogens is 1. The Morgan fingerprint density at radius 2 is 1.42 bits per heavy atom. The van der Waals surface area contributed by atoms with E-state index in [-0.39, 0.29) is 50.5 Å². The van der Waals surface area contributed by atoms with E-state index in [2.05, 4.69) is 52.2 Å². The number of nitrogens with one attached hydrogen (secondary N) is 8. The molecule has 370 valence electrons. The highest BCUT2D eigenvalue weighted by Crippen LogP contribution is 2.21. The number of aromatic nitrogens is 2. The Morgan fingerprint density at radius 1 is 0.806 bits per heavy atom. The molecule has 1 aliphatic heterocycles. The van der Waals surface area contributed by atoms with Crippen molar-refractivity contribution >= 4 is 53.3 Å². The van der Waals surface area contributed by atoms with E-state index < -0.39 is 107 Å². The fourth-order valence-electron chi connectivity index (χ4n) is 7.24. The topological polar surface area (TPSA) is 358 Å². The number of guanidine groups is 1. The number of nitrogens with two attached hydrogens (primary N) is 2. The number of aliphatic carboxylic acids is 1. The zero-order valence-electron chi connectivity index (χ0n) is 39.3. The third-order valence-electron chi connectivity index (χ3n) is 11.6. The van der Waals surface area contributed by atoms with Crippen LogP contribution in [0.5, 0.6) is 5.75 Å². The molecule has 1 fully saturated rings. The molecule has 0 unspecified atom stereocenters.